The van der Waals surface area contributed by atoms with Crippen LogP contribution in [0.25, 0.3) is 11.4 Å². The number of hydrogen-bond acceptors (Lipinski definition) is 5. The summed E-state index contributed by atoms with van der Waals surface area (Å²) in [6.45, 7) is 4.98. The number of anilines is 1. The number of hydrogen-bond donors (Lipinski definition) is 0. The lowest BCUT2D eigenvalue weighted by Crippen LogP contribution is -2.37. The fourth-order valence-corrected chi connectivity index (χ4v) is 2.62. The first kappa shape index (κ1) is 15.1. The third-order valence-electron chi connectivity index (χ3n) is 3.70. The number of halogens is 1. The second-order valence-corrected chi connectivity index (χ2v) is 5.48. The molecule has 22 heavy (non-hydrogen) atoms. The van der Waals surface area contributed by atoms with Gasteiger partial charge in [0.2, 0.25) is 0 Å². The van der Waals surface area contributed by atoms with Gasteiger partial charge < -0.3 is 14.4 Å². The van der Waals surface area contributed by atoms with Crippen molar-refractivity contribution in [3.63, 3.8) is 0 Å². The van der Waals surface area contributed by atoms with E-state index >= 15 is 0 Å². The summed E-state index contributed by atoms with van der Waals surface area (Å²) in [6, 6.07) is 7.67. The van der Waals surface area contributed by atoms with Gasteiger partial charge in [0.1, 0.15) is 16.7 Å². The van der Waals surface area contributed by atoms with Crippen molar-refractivity contribution in [1.29, 1.82) is 0 Å². The molecule has 2 heterocycles. The molecule has 0 bridgehead atoms. The lowest BCUT2D eigenvalue weighted by molar-refractivity contribution is 0.122. The van der Waals surface area contributed by atoms with Crippen LogP contribution in [0.3, 0.4) is 0 Å². The Labute approximate surface area is 134 Å². The predicted octanol–water partition coefficient (Wildman–Crippen LogP) is 2.95. The minimum atomic E-state index is 0.481. The molecular weight excluding hydrogens is 302 g/mol. The van der Waals surface area contributed by atoms with E-state index in [1.54, 1.807) is 7.11 Å². The number of methoxy groups -OCH3 is 1. The van der Waals surface area contributed by atoms with Crippen LogP contribution < -0.4 is 9.64 Å². The molecule has 0 atom stereocenters. The number of ether oxygens (including phenoxy) is 2. The van der Waals surface area contributed by atoms with Crippen molar-refractivity contribution in [2.45, 2.75) is 6.92 Å². The maximum atomic E-state index is 6.32. The summed E-state index contributed by atoms with van der Waals surface area (Å²) in [5, 5.41) is 0.481. The first-order valence-electron chi connectivity index (χ1n) is 7.20. The molecule has 0 amide bonds. The first-order chi connectivity index (χ1) is 10.7. The Morgan fingerprint density at radius 3 is 2.73 bits per heavy atom. The quantitative estimate of drug-likeness (QED) is 0.814. The van der Waals surface area contributed by atoms with E-state index < -0.39 is 0 Å². The van der Waals surface area contributed by atoms with E-state index in [0.29, 0.717) is 24.2 Å². The van der Waals surface area contributed by atoms with Crippen LogP contribution in [0.5, 0.6) is 5.75 Å². The zero-order valence-corrected chi connectivity index (χ0v) is 13.4. The van der Waals surface area contributed by atoms with E-state index in [-0.39, 0.29) is 0 Å². The monoisotopic (exact) mass is 319 g/mol. The molecule has 2 aromatic rings. The third-order valence-corrected chi connectivity index (χ3v) is 4.07. The second-order valence-electron chi connectivity index (χ2n) is 5.12. The highest BCUT2D eigenvalue weighted by atomic mass is 35.5. The molecule has 1 fully saturated rings. The van der Waals surface area contributed by atoms with E-state index in [1.165, 1.54) is 0 Å². The van der Waals surface area contributed by atoms with Crippen molar-refractivity contribution in [3.8, 4) is 17.1 Å². The summed E-state index contributed by atoms with van der Waals surface area (Å²) < 4.78 is 10.7. The largest absolute Gasteiger partial charge is 0.497 e. The van der Waals surface area contributed by atoms with Gasteiger partial charge in [0.25, 0.3) is 0 Å². The van der Waals surface area contributed by atoms with Crippen molar-refractivity contribution in [2.75, 3.05) is 38.3 Å². The highest BCUT2D eigenvalue weighted by Gasteiger charge is 2.19. The zero-order chi connectivity index (χ0) is 15.5. The van der Waals surface area contributed by atoms with Gasteiger partial charge in [0.05, 0.1) is 20.3 Å². The smallest absolute Gasteiger partial charge is 0.163 e. The van der Waals surface area contributed by atoms with Crippen molar-refractivity contribution < 1.29 is 9.47 Å². The van der Waals surface area contributed by atoms with Gasteiger partial charge in [-0.15, -0.1) is 0 Å². The summed E-state index contributed by atoms with van der Waals surface area (Å²) in [4.78, 5) is 11.3. The van der Waals surface area contributed by atoms with E-state index in [1.807, 2.05) is 31.2 Å². The third kappa shape index (κ3) is 3.00. The maximum absolute atomic E-state index is 6.32. The average molecular weight is 320 g/mol. The Morgan fingerprint density at radius 1 is 1.23 bits per heavy atom. The molecule has 1 aromatic heterocycles. The van der Waals surface area contributed by atoms with Crippen LogP contribution in [-0.4, -0.2) is 43.4 Å². The molecule has 1 aromatic carbocycles. The molecular formula is C16H18ClN3O2. The Bertz CT molecular complexity index is 672. The van der Waals surface area contributed by atoms with Crippen LogP contribution in [-0.2, 0) is 4.74 Å². The highest BCUT2D eigenvalue weighted by Crippen LogP contribution is 2.29. The van der Waals surface area contributed by atoms with Gasteiger partial charge in [-0.25, -0.2) is 9.97 Å². The van der Waals surface area contributed by atoms with Gasteiger partial charge in [-0.1, -0.05) is 23.7 Å². The molecule has 0 spiro atoms. The predicted molar refractivity (Wildman–Crippen MR) is 86.8 cm³/mol. The normalized spacial score (nSPS) is 15.0. The van der Waals surface area contributed by atoms with Crippen molar-refractivity contribution in [2.24, 2.45) is 0 Å². The van der Waals surface area contributed by atoms with E-state index in [9.17, 15) is 0 Å². The summed E-state index contributed by atoms with van der Waals surface area (Å²) in [5.74, 6) is 2.25. The van der Waals surface area contributed by atoms with Crippen LogP contribution in [0.2, 0.25) is 5.15 Å². The van der Waals surface area contributed by atoms with Crippen LogP contribution >= 0.6 is 11.6 Å². The molecule has 6 heteroatoms. The molecule has 5 nitrogen and oxygen atoms in total. The SMILES string of the molecule is COc1cccc(-c2nc(Cl)c(C)c(N3CCOCC3)n2)c1. The molecule has 0 aliphatic carbocycles. The standard InChI is InChI=1S/C16H18ClN3O2/c1-11-14(17)18-15(12-4-3-5-13(10-12)21-2)19-16(11)20-6-8-22-9-7-20/h3-5,10H,6-9H2,1-2H3. The molecule has 1 saturated heterocycles. The number of benzene rings is 1. The lowest BCUT2D eigenvalue weighted by atomic mass is 10.2. The summed E-state index contributed by atoms with van der Waals surface area (Å²) in [6.07, 6.45) is 0. The van der Waals surface area contributed by atoms with Gasteiger partial charge in [-0.05, 0) is 19.1 Å². The summed E-state index contributed by atoms with van der Waals surface area (Å²) >= 11 is 6.32. The van der Waals surface area contributed by atoms with E-state index in [2.05, 4.69) is 9.88 Å². The molecule has 3 rings (SSSR count). The fraction of sp³-hybridized carbons (Fsp3) is 0.375. The number of rotatable bonds is 3. The van der Waals surface area contributed by atoms with Crippen molar-refractivity contribution in [1.82, 2.24) is 9.97 Å². The van der Waals surface area contributed by atoms with E-state index in [0.717, 1.165) is 35.8 Å². The molecule has 0 radical (unpaired) electrons. The topological polar surface area (TPSA) is 47.5 Å². The van der Waals surface area contributed by atoms with Crippen LogP contribution in [0.1, 0.15) is 5.56 Å². The maximum Gasteiger partial charge on any atom is 0.163 e. The molecule has 116 valence electrons. The highest BCUT2D eigenvalue weighted by molar-refractivity contribution is 6.30. The van der Waals surface area contributed by atoms with Crippen molar-refractivity contribution in [3.05, 3.63) is 35.0 Å². The van der Waals surface area contributed by atoms with Crippen LogP contribution in [0.15, 0.2) is 24.3 Å². The zero-order valence-electron chi connectivity index (χ0n) is 12.7. The van der Waals surface area contributed by atoms with Gasteiger partial charge in [-0.3, -0.25) is 0 Å². The fourth-order valence-electron chi connectivity index (χ4n) is 2.45. The molecule has 0 saturated carbocycles. The van der Waals surface area contributed by atoms with Gasteiger partial charge in [0, 0.05) is 24.2 Å². The van der Waals surface area contributed by atoms with Crippen LogP contribution in [0.4, 0.5) is 5.82 Å². The summed E-state index contributed by atoms with van der Waals surface area (Å²) in [7, 11) is 1.64. The minimum absolute atomic E-state index is 0.481. The minimum Gasteiger partial charge on any atom is -0.497 e. The average Bonchev–Trinajstić information content (AvgIpc) is 2.58. The number of nitrogens with zero attached hydrogens (tertiary/aromatic N) is 3. The Kier molecular flexibility index (Phi) is 4.45. The summed E-state index contributed by atoms with van der Waals surface area (Å²) in [5.41, 5.74) is 1.78. The van der Waals surface area contributed by atoms with Crippen molar-refractivity contribution >= 4 is 17.4 Å². The molecule has 1 aliphatic heterocycles. The van der Waals surface area contributed by atoms with E-state index in [4.69, 9.17) is 26.1 Å². The molecule has 1 aliphatic rings. The van der Waals surface area contributed by atoms with Crippen LogP contribution in [0, 0.1) is 6.92 Å². The first-order valence-corrected chi connectivity index (χ1v) is 7.58. The molecule has 0 unspecified atom stereocenters. The van der Waals surface area contributed by atoms with Gasteiger partial charge >= 0.3 is 0 Å². The lowest BCUT2D eigenvalue weighted by Gasteiger charge is -2.29. The Hall–Kier alpha value is -1.85. The number of morpholine rings is 1. The Balaban J connectivity index is 2.03. The Morgan fingerprint density at radius 2 is 2.00 bits per heavy atom. The van der Waals surface area contributed by atoms with Gasteiger partial charge in [0.15, 0.2) is 5.82 Å². The number of aromatic nitrogens is 2. The molecule has 0 N–H and O–H groups in total. The second kappa shape index (κ2) is 6.50. The van der Waals surface area contributed by atoms with Gasteiger partial charge in [-0.2, -0.15) is 0 Å².